The van der Waals surface area contributed by atoms with Crippen LogP contribution in [0.5, 0.6) is 0 Å². The minimum atomic E-state index is -0.702. The van der Waals surface area contributed by atoms with E-state index in [9.17, 15) is 9.90 Å². The van der Waals surface area contributed by atoms with Crippen LogP contribution >= 0.6 is 0 Å². The predicted molar refractivity (Wildman–Crippen MR) is 81.4 cm³/mol. The number of aliphatic hydroxyl groups is 1. The summed E-state index contributed by atoms with van der Waals surface area (Å²) in [7, 11) is 0. The van der Waals surface area contributed by atoms with Crippen LogP contribution in [0, 0.1) is 5.92 Å². The fraction of sp³-hybridized carbons (Fsp3) is 0.533. The number of ether oxygens (including phenoxy) is 2. The number of anilines is 1. The van der Waals surface area contributed by atoms with Gasteiger partial charge in [-0.25, -0.2) is 9.50 Å². The minimum Gasteiger partial charge on any atom is -0.463 e. The summed E-state index contributed by atoms with van der Waals surface area (Å²) in [4.78, 5) is 15.5. The lowest BCUT2D eigenvalue weighted by Crippen LogP contribution is -2.21. The second-order valence-electron chi connectivity index (χ2n) is 5.97. The third-order valence-corrected chi connectivity index (χ3v) is 3.88. The molecule has 0 bridgehead atoms. The number of nitrogen functional groups attached to an aromatic ring is 1. The first-order chi connectivity index (χ1) is 11.0. The van der Waals surface area contributed by atoms with Gasteiger partial charge in [0, 0.05) is 6.42 Å². The number of fused-ring (bicyclic) bond motifs is 1. The second kappa shape index (κ2) is 6.13. The summed E-state index contributed by atoms with van der Waals surface area (Å²) in [6.45, 7) is 3.67. The lowest BCUT2D eigenvalue weighted by Gasteiger charge is -2.15. The maximum absolute atomic E-state index is 11.5. The lowest BCUT2D eigenvalue weighted by atomic mass is 10.1. The van der Waals surface area contributed by atoms with Gasteiger partial charge >= 0.3 is 5.97 Å². The number of hydrogen-bond donors (Lipinski definition) is 2. The molecule has 2 aromatic heterocycles. The summed E-state index contributed by atoms with van der Waals surface area (Å²) in [6, 6.07) is 3.59. The van der Waals surface area contributed by atoms with Crippen LogP contribution in [0.15, 0.2) is 18.5 Å². The number of carbonyl (C=O) groups excluding carboxylic acids is 1. The number of nitrogens with two attached hydrogens (primary N) is 1. The molecule has 1 saturated heterocycles. The Labute approximate surface area is 133 Å². The molecule has 0 amide bonds. The van der Waals surface area contributed by atoms with Crippen molar-refractivity contribution in [1.29, 1.82) is 0 Å². The Balaban J connectivity index is 1.73. The predicted octanol–water partition coefficient (Wildman–Crippen LogP) is 0.702. The average Bonchev–Trinajstić information content (AvgIpc) is 3.08. The van der Waals surface area contributed by atoms with E-state index < -0.39 is 12.2 Å². The van der Waals surface area contributed by atoms with E-state index in [1.54, 1.807) is 30.5 Å². The Morgan fingerprint density at radius 2 is 2.35 bits per heavy atom. The van der Waals surface area contributed by atoms with Crippen molar-refractivity contribution >= 4 is 17.3 Å². The summed E-state index contributed by atoms with van der Waals surface area (Å²) >= 11 is 0. The SMILES string of the molecule is CC(C)C(=O)OC[C@@H]1C[C@@H](O)[C@H](c2ccc3c(N)ncnn23)O1. The zero-order valence-corrected chi connectivity index (χ0v) is 13.0. The van der Waals surface area contributed by atoms with Gasteiger partial charge in [-0.1, -0.05) is 13.8 Å². The molecule has 1 fully saturated rings. The highest BCUT2D eigenvalue weighted by Gasteiger charge is 2.37. The van der Waals surface area contributed by atoms with Gasteiger partial charge < -0.3 is 20.3 Å². The van der Waals surface area contributed by atoms with Crippen molar-refractivity contribution in [1.82, 2.24) is 14.6 Å². The molecule has 0 spiro atoms. The number of aromatic nitrogens is 3. The van der Waals surface area contributed by atoms with Crippen LogP contribution in [0.3, 0.4) is 0 Å². The van der Waals surface area contributed by atoms with Crippen LogP contribution in [0.25, 0.3) is 5.52 Å². The van der Waals surface area contributed by atoms with Gasteiger partial charge in [-0.05, 0) is 12.1 Å². The normalized spacial score (nSPS) is 24.4. The second-order valence-corrected chi connectivity index (χ2v) is 5.97. The van der Waals surface area contributed by atoms with Crippen LogP contribution in [0.2, 0.25) is 0 Å². The Kier molecular flexibility index (Phi) is 4.18. The highest BCUT2D eigenvalue weighted by molar-refractivity contribution is 5.71. The Morgan fingerprint density at radius 1 is 1.57 bits per heavy atom. The number of nitrogens with zero attached hydrogens (tertiary/aromatic N) is 3. The molecular weight excluding hydrogens is 300 g/mol. The molecule has 1 aliphatic rings. The molecule has 124 valence electrons. The third kappa shape index (κ3) is 2.99. The van der Waals surface area contributed by atoms with Crippen LogP contribution < -0.4 is 5.73 Å². The molecule has 3 heterocycles. The van der Waals surface area contributed by atoms with Crippen LogP contribution in [-0.2, 0) is 14.3 Å². The molecule has 0 unspecified atom stereocenters. The summed E-state index contributed by atoms with van der Waals surface area (Å²) in [5, 5.41) is 14.4. The third-order valence-electron chi connectivity index (χ3n) is 3.88. The van der Waals surface area contributed by atoms with Crippen LogP contribution in [0.4, 0.5) is 5.82 Å². The first kappa shape index (κ1) is 15.7. The molecular formula is C15H20N4O4. The molecule has 8 heteroatoms. The summed E-state index contributed by atoms with van der Waals surface area (Å²) in [6.07, 6.45) is 0.155. The van der Waals surface area contributed by atoms with Gasteiger partial charge in [0.05, 0.1) is 23.8 Å². The molecule has 3 atom stereocenters. The summed E-state index contributed by atoms with van der Waals surface area (Å²) in [5.41, 5.74) is 7.16. The Bertz CT molecular complexity index is 715. The number of carbonyl (C=O) groups is 1. The number of hydrogen-bond acceptors (Lipinski definition) is 7. The standard InChI is InChI=1S/C15H20N4O4/c1-8(2)15(21)22-6-9-5-12(20)13(23-9)10-3-4-11-14(16)17-7-18-19(10)11/h3-4,7-9,12-13,20H,5-6H2,1-2H3,(H2,16,17,18)/t9-,12+,13-/m0/s1. The molecule has 3 rings (SSSR count). The van der Waals surface area contributed by atoms with E-state index in [0.29, 0.717) is 23.4 Å². The fourth-order valence-electron chi connectivity index (χ4n) is 2.65. The molecule has 8 nitrogen and oxygen atoms in total. The van der Waals surface area contributed by atoms with E-state index in [-0.39, 0.29) is 24.6 Å². The topological polar surface area (TPSA) is 112 Å². The Hall–Kier alpha value is -2.19. The van der Waals surface area contributed by atoms with Crippen LogP contribution in [0.1, 0.15) is 32.1 Å². The van der Waals surface area contributed by atoms with E-state index >= 15 is 0 Å². The fourth-order valence-corrected chi connectivity index (χ4v) is 2.65. The lowest BCUT2D eigenvalue weighted by molar-refractivity contribution is -0.151. The minimum absolute atomic E-state index is 0.130. The average molecular weight is 320 g/mol. The zero-order valence-electron chi connectivity index (χ0n) is 13.0. The molecule has 0 radical (unpaired) electrons. The molecule has 0 aromatic carbocycles. The number of esters is 1. The van der Waals surface area contributed by atoms with Gasteiger partial charge in [0.25, 0.3) is 0 Å². The van der Waals surface area contributed by atoms with E-state index in [2.05, 4.69) is 10.1 Å². The summed E-state index contributed by atoms with van der Waals surface area (Å²) < 4.78 is 12.6. The molecule has 2 aromatic rings. The van der Waals surface area contributed by atoms with Gasteiger partial charge in [0.2, 0.25) is 0 Å². The Morgan fingerprint density at radius 3 is 3.09 bits per heavy atom. The highest BCUT2D eigenvalue weighted by Crippen LogP contribution is 2.34. The zero-order chi connectivity index (χ0) is 16.6. The van der Waals surface area contributed by atoms with Crippen molar-refractivity contribution in [3.8, 4) is 0 Å². The van der Waals surface area contributed by atoms with Gasteiger partial charge in [0.15, 0.2) is 5.82 Å². The first-order valence-corrected chi connectivity index (χ1v) is 7.55. The number of aliphatic hydroxyl groups excluding tert-OH is 1. The summed E-state index contributed by atoms with van der Waals surface area (Å²) in [5.74, 6) is -0.104. The monoisotopic (exact) mass is 320 g/mol. The molecule has 1 aliphatic heterocycles. The molecule has 0 aliphatic carbocycles. The van der Waals surface area contributed by atoms with Gasteiger partial charge in [-0.3, -0.25) is 4.79 Å². The van der Waals surface area contributed by atoms with Crippen molar-refractivity contribution in [2.24, 2.45) is 5.92 Å². The molecule has 23 heavy (non-hydrogen) atoms. The van der Waals surface area contributed by atoms with Crippen molar-refractivity contribution in [3.63, 3.8) is 0 Å². The van der Waals surface area contributed by atoms with Crippen LogP contribution in [-0.4, -0.2) is 44.5 Å². The van der Waals surface area contributed by atoms with E-state index in [1.807, 2.05) is 0 Å². The quantitative estimate of drug-likeness (QED) is 0.797. The van der Waals surface area contributed by atoms with Crippen molar-refractivity contribution in [2.75, 3.05) is 12.3 Å². The maximum atomic E-state index is 11.5. The van der Waals surface area contributed by atoms with Gasteiger partial charge in [-0.2, -0.15) is 5.10 Å². The highest BCUT2D eigenvalue weighted by atomic mass is 16.6. The van der Waals surface area contributed by atoms with E-state index in [0.717, 1.165) is 0 Å². The van der Waals surface area contributed by atoms with Crippen molar-refractivity contribution < 1.29 is 19.4 Å². The van der Waals surface area contributed by atoms with Crippen molar-refractivity contribution in [3.05, 3.63) is 24.2 Å². The van der Waals surface area contributed by atoms with E-state index in [1.165, 1.54) is 6.33 Å². The smallest absolute Gasteiger partial charge is 0.308 e. The number of rotatable bonds is 4. The maximum Gasteiger partial charge on any atom is 0.308 e. The first-order valence-electron chi connectivity index (χ1n) is 7.55. The van der Waals surface area contributed by atoms with Crippen molar-refractivity contribution in [2.45, 2.75) is 38.6 Å². The van der Waals surface area contributed by atoms with E-state index in [4.69, 9.17) is 15.2 Å². The van der Waals surface area contributed by atoms with Gasteiger partial charge in [0.1, 0.15) is 24.6 Å². The van der Waals surface area contributed by atoms with Gasteiger partial charge in [-0.15, -0.1) is 0 Å². The molecule has 0 saturated carbocycles. The molecule has 3 N–H and O–H groups in total. The largest absolute Gasteiger partial charge is 0.463 e.